The average Bonchev–Trinajstić information content (AvgIpc) is 3.56. The van der Waals surface area contributed by atoms with Gasteiger partial charge in [-0.1, -0.05) is 84.9 Å². The predicted octanol–water partition coefficient (Wildman–Crippen LogP) is 6.87. The summed E-state index contributed by atoms with van der Waals surface area (Å²) in [5, 5.41) is 3.68. The van der Waals surface area contributed by atoms with E-state index in [4.69, 9.17) is 14.3 Å². The second-order valence-electron chi connectivity index (χ2n) is 10.6. The number of benzene rings is 5. The predicted molar refractivity (Wildman–Crippen MR) is 165 cm³/mol. The lowest BCUT2D eigenvalue weighted by atomic mass is 9.90. The fourth-order valence-corrected chi connectivity index (χ4v) is 5.95. The fourth-order valence-electron chi connectivity index (χ4n) is 5.95. The molecule has 0 bridgehead atoms. The zero-order valence-electron chi connectivity index (χ0n) is 23.6. The van der Waals surface area contributed by atoms with E-state index in [0.717, 1.165) is 27.6 Å². The van der Waals surface area contributed by atoms with Crippen molar-refractivity contribution in [1.29, 1.82) is 0 Å². The molecule has 2 amide bonds. The van der Waals surface area contributed by atoms with Crippen molar-refractivity contribution >= 4 is 34.0 Å². The Balaban J connectivity index is 1.26. The maximum absolute atomic E-state index is 14.2. The minimum absolute atomic E-state index is 0.295. The standard InChI is InChI=1S/C36H30N2O5/c1-2-41-31-22-27(18-20-30(31)42-23-24-11-5-3-6-12-24)33-32-34(43-38(33)28-15-7-4-8-16-28)36(40)37(35(32)39)29-19-17-25-13-9-10-14-26(25)21-29/h3-22,32-34H,2,23H2,1H3. The third kappa shape index (κ3) is 4.87. The Morgan fingerprint density at radius 2 is 1.40 bits per heavy atom. The molecule has 3 atom stereocenters. The monoisotopic (exact) mass is 570 g/mol. The molecule has 0 aliphatic carbocycles. The van der Waals surface area contributed by atoms with Crippen LogP contribution in [0.5, 0.6) is 11.5 Å². The largest absolute Gasteiger partial charge is 0.490 e. The summed E-state index contributed by atoms with van der Waals surface area (Å²) in [7, 11) is 0. The van der Waals surface area contributed by atoms with Crippen LogP contribution in [-0.2, 0) is 21.0 Å². The Kier molecular flexibility index (Phi) is 7.01. The molecule has 7 rings (SSSR count). The molecule has 7 heteroatoms. The highest BCUT2D eigenvalue weighted by Crippen LogP contribution is 2.49. The van der Waals surface area contributed by atoms with Gasteiger partial charge >= 0.3 is 0 Å². The van der Waals surface area contributed by atoms with Crippen molar-refractivity contribution in [1.82, 2.24) is 0 Å². The third-order valence-corrected chi connectivity index (χ3v) is 7.96. The molecule has 0 aromatic heterocycles. The lowest BCUT2D eigenvalue weighted by Gasteiger charge is -2.29. The number of imide groups is 1. The number of anilines is 2. The normalized spacial score (nSPS) is 19.6. The van der Waals surface area contributed by atoms with Gasteiger partial charge in [-0.3, -0.25) is 14.4 Å². The smallest absolute Gasteiger partial charge is 0.266 e. The second-order valence-corrected chi connectivity index (χ2v) is 10.6. The van der Waals surface area contributed by atoms with E-state index in [1.54, 1.807) is 5.06 Å². The van der Waals surface area contributed by atoms with Gasteiger partial charge in [-0.25, -0.2) is 9.96 Å². The van der Waals surface area contributed by atoms with Crippen LogP contribution in [0.15, 0.2) is 121 Å². The highest BCUT2D eigenvalue weighted by atomic mass is 16.7. The van der Waals surface area contributed by atoms with Gasteiger partial charge in [0.15, 0.2) is 17.6 Å². The number of fused-ring (bicyclic) bond motifs is 2. The SMILES string of the molecule is CCOc1cc(C2C3C(=O)N(c4ccc5ccccc5c4)C(=O)C3ON2c2ccccc2)ccc1OCc1ccccc1. The maximum Gasteiger partial charge on any atom is 0.266 e. The Labute approximate surface area is 249 Å². The zero-order valence-corrected chi connectivity index (χ0v) is 23.6. The van der Waals surface area contributed by atoms with Crippen LogP contribution in [0.25, 0.3) is 10.8 Å². The van der Waals surface area contributed by atoms with Crippen LogP contribution in [-0.4, -0.2) is 24.5 Å². The molecule has 43 heavy (non-hydrogen) atoms. The number of rotatable bonds is 8. The van der Waals surface area contributed by atoms with Crippen LogP contribution in [0, 0.1) is 5.92 Å². The number of hydrogen-bond acceptors (Lipinski definition) is 6. The molecular formula is C36H30N2O5. The molecule has 2 saturated heterocycles. The minimum atomic E-state index is -0.964. The molecule has 0 radical (unpaired) electrons. The summed E-state index contributed by atoms with van der Waals surface area (Å²) in [6.07, 6.45) is -0.964. The molecule has 2 fully saturated rings. The van der Waals surface area contributed by atoms with Crippen LogP contribution in [0.2, 0.25) is 0 Å². The molecule has 214 valence electrons. The first kappa shape index (κ1) is 26.7. The van der Waals surface area contributed by atoms with Gasteiger partial charge in [0.2, 0.25) is 5.91 Å². The van der Waals surface area contributed by atoms with Gasteiger partial charge in [0.1, 0.15) is 12.5 Å². The first-order valence-electron chi connectivity index (χ1n) is 14.4. The van der Waals surface area contributed by atoms with Gasteiger partial charge in [0.05, 0.1) is 24.0 Å². The van der Waals surface area contributed by atoms with E-state index in [0.29, 0.717) is 30.4 Å². The van der Waals surface area contributed by atoms with E-state index in [9.17, 15) is 9.59 Å². The fraction of sp³-hybridized carbons (Fsp3) is 0.167. The quantitative estimate of drug-likeness (QED) is 0.190. The van der Waals surface area contributed by atoms with Gasteiger partial charge in [-0.2, -0.15) is 0 Å². The topological polar surface area (TPSA) is 68.3 Å². The van der Waals surface area contributed by atoms with Crippen LogP contribution in [0.1, 0.15) is 24.1 Å². The summed E-state index contributed by atoms with van der Waals surface area (Å²) in [4.78, 5) is 35.6. The van der Waals surface area contributed by atoms with Crippen LogP contribution in [0.4, 0.5) is 11.4 Å². The summed E-state index contributed by atoms with van der Waals surface area (Å²) >= 11 is 0. The van der Waals surface area contributed by atoms with Crippen molar-refractivity contribution in [3.8, 4) is 11.5 Å². The molecular weight excluding hydrogens is 540 g/mol. The Morgan fingerprint density at radius 3 is 2.16 bits per heavy atom. The number of carbonyl (C=O) groups excluding carboxylic acids is 2. The van der Waals surface area contributed by atoms with Gasteiger partial charge in [-0.15, -0.1) is 0 Å². The molecule has 5 aromatic rings. The number of ether oxygens (including phenoxy) is 2. The number of hydrogen-bond donors (Lipinski definition) is 0. The van der Waals surface area contributed by atoms with E-state index in [1.165, 1.54) is 4.90 Å². The van der Waals surface area contributed by atoms with Gasteiger partial charge in [0.25, 0.3) is 5.91 Å². The highest BCUT2D eigenvalue weighted by molar-refractivity contribution is 6.24. The van der Waals surface area contributed by atoms with E-state index in [-0.39, 0.29) is 11.8 Å². The summed E-state index contributed by atoms with van der Waals surface area (Å²) in [5.74, 6) is -0.263. The van der Waals surface area contributed by atoms with Crippen molar-refractivity contribution < 1.29 is 23.9 Å². The van der Waals surface area contributed by atoms with Crippen LogP contribution in [0.3, 0.4) is 0 Å². The molecule has 0 spiro atoms. The second kappa shape index (κ2) is 11.3. The summed E-state index contributed by atoms with van der Waals surface area (Å²) in [6, 6.07) is 38.1. The first-order valence-corrected chi connectivity index (χ1v) is 14.4. The lowest BCUT2D eigenvalue weighted by Crippen LogP contribution is -2.37. The molecule has 2 aliphatic heterocycles. The minimum Gasteiger partial charge on any atom is -0.490 e. The van der Waals surface area contributed by atoms with E-state index in [2.05, 4.69) is 0 Å². The van der Waals surface area contributed by atoms with Crippen LogP contribution >= 0.6 is 0 Å². The molecule has 7 nitrogen and oxygen atoms in total. The molecule has 2 aliphatic rings. The van der Waals surface area contributed by atoms with Crippen molar-refractivity contribution in [2.75, 3.05) is 16.6 Å². The van der Waals surface area contributed by atoms with Gasteiger partial charge in [-0.05, 0) is 65.2 Å². The molecule has 0 saturated carbocycles. The Bertz CT molecular complexity index is 1790. The van der Waals surface area contributed by atoms with E-state index in [1.807, 2.05) is 128 Å². The Morgan fingerprint density at radius 1 is 0.674 bits per heavy atom. The lowest BCUT2D eigenvalue weighted by molar-refractivity contribution is -0.126. The third-order valence-electron chi connectivity index (χ3n) is 7.96. The number of hydroxylamine groups is 1. The van der Waals surface area contributed by atoms with Crippen molar-refractivity contribution in [2.24, 2.45) is 5.92 Å². The first-order chi connectivity index (χ1) is 21.1. The van der Waals surface area contributed by atoms with Crippen molar-refractivity contribution in [3.63, 3.8) is 0 Å². The summed E-state index contributed by atoms with van der Waals surface area (Å²) in [5.41, 5.74) is 3.12. The van der Waals surface area contributed by atoms with Gasteiger partial charge < -0.3 is 9.47 Å². The highest BCUT2D eigenvalue weighted by Gasteiger charge is 2.60. The zero-order chi connectivity index (χ0) is 29.3. The van der Waals surface area contributed by atoms with Crippen molar-refractivity contribution in [2.45, 2.75) is 25.7 Å². The Hall–Kier alpha value is -5.14. The molecule has 2 heterocycles. The molecule has 5 aromatic carbocycles. The maximum atomic E-state index is 14.2. The summed E-state index contributed by atoms with van der Waals surface area (Å²) < 4.78 is 12.2. The number of amides is 2. The van der Waals surface area contributed by atoms with Crippen molar-refractivity contribution in [3.05, 3.63) is 132 Å². The number of carbonyl (C=O) groups is 2. The molecule has 0 N–H and O–H groups in total. The van der Waals surface area contributed by atoms with E-state index < -0.39 is 18.1 Å². The number of nitrogens with zero attached hydrogens (tertiary/aromatic N) is 2. The average molecular weight is 571 g/mol. The summed E-state index contributed by atoms with van der Waals surface area (Å²) in [6.45, 7) is 2.74. The number of para-hydroxylation sites is 1. The molecule has 3 unspecified atom stereocenters. The van der Waals surface area contributed by atoms with E-state index >= 15 is 0 Å². The van der Waals surface area contributed by atoms with Gasteiger partial charge in [0, 0.05) is 0 Å². The van der Waals surface area contributed by atoms with Crippen LogP contribution < -0.4 is 19.4 Å².